The van der Waals surface area contributed by atoms with Crippen molar-refractivity contribution in [2.45, 2.75) is 18.9 Å². The highest BCUT2D eigenvalue weighted by Crippen LogP contribution is 2.20. The molecule has 0 saturated carbocycles. The van der Waals surface area contributed by atoms with Crippen LogP contribution in [0.4, 0.5) is 5.69 Å². The first-order valence-electron chi connectivity index (χ1n) is 9.22. The Labute approximate surface area is 159 Å². The van der Waals surface area contributed by atoms with Crippen molar-refractivity contribution < 1.29 is 19.2 Å². The Balaban J connectivity index is 1.80. The van der Waals surface area contributed by atoms with Crippen molar-refractivity contribution >= 4 is 17.5 Å². The molecule has 0 aliphatic carbocycles. The SMILES string of the molecule is COc1cccc(NC(=O)[C@H](c2ccccc2)[NH+]2CCC(C(N)=O)CC2)c1. The third-order valence-corrected chi connectivity index (χ3v) is 5.17. The topological polar surface area (TPSA) is 85.9 Å². The molecule has 2 aromatic rings. The second-order valence-corrected chi connectivity index (χ2v) is 6.90. The molecule has 2 aromatic carbocycles. The minimum Gasteiger partial charge on any atom is -0.497 e. The number of quaternary nitrogens is 1. The van der Waals surface area contributed by atoms with E-state index in [0.717, 1.165) is 23.6 Å². The molecule has 27 heavy (non-hydrogen) atoms. The maximum Gasteiger partial charge on any atom is 0.287 e. The number of methoxy groups -OCH3 is 1. The summed E-state index contributed by atoms with van der Waals surface area (Å²) in [4.78, 5) is 25.8. The van der Waals surface area contributed by atoms with Gasteiger partial charge in [-0.25, -0.2) is 0 Å². The zero-order valence-corrected chi connectivity index (χ0v) is 15.5. The fraction of sp³-hybridized carbons (Fsp3) is 0.333. The molecule has 0 spiro atoms. The smallest absolute Gasteiger partial charge is 0.287 e. The first-order valence-corrected chi connectivity index (χ1v) is 9.22. The number of rotatable bonds is 6. The second-order valence-electron chi connectivity index (χ2n) is 6.90. The van der Waals surface area contributed by atoms with Gasteiger partial charge in [0.25, 0.3) is 5.91 Å². The molecule has 142 valence electrons. The third-order valence-electron chi connectivity index (χ3n) is 5.17. The first-order chi connectivity index (χ1) is 13.1. The van der Waals surface area contributed by atoms with Gasteiger partial charge in [0.05, 0.1) is 20.2 Å². The van der Waals surface area contributed by atoms with Gasteiger partial charge in [0, 0.05) is 36.1 Å². The summed E-state index contributed by atoms with van der Waals surface area (Å²) >= 11 is 0. The molecule has 6 nitrogen and oxygen atoms in total. The highest BCUT2D eigenvalue weighted by Gasteiger charge is 2.36. The maximum absolute atomic E-state index is 13.2. The lowest BCUT2D eigenvalue weighted by molar-refractivity contribution is -0.927. The summed E-state index contributed by atoms with van der Waals surface area (Å²) in [5.41, 5.74) is 7.11. The lowest BCUT2D eigenvalue weighted by atomic mass is 9.93. The van der Waals surface area contributed by atoms with Gasteiger partial charge in [-0.2, -0.15) is 0 Å². The number of anilines is 1. The molecular formula is C21H26N3O3+. The Kier molecular flexibility index (Phi) is 6.08. The third kappa shape index (κ3) is 4.65. The highest BCUT2D eigenvalue weighted by atomic mass is 16.5. The van der Waals surface area contributed by atoms with E-state index < -0.39 is 0 Å². The van der Waals surface area contributed by atoms with E-state index in [4.69, 9.17) is 10.5 Å². The van der Waals surface area contributed by atoms with Gasteiger partial charge in [0.2, 0.25) is 5.91 Å². The number of carbonyl (C=O) groups excluding carboxylic acids is 2. The van der Waals surface area contributed by atoms with E-state index in [2.05, 4.69) is 5.32 Å². The lowest BCUT2D eigenvalue weighted by Gasteiger charge is -2.33. The van der Waals surface area contributed by atoms with Crippen molar-refractivity contribution in [3.05, 3.63) is 60.2 Å². The number of piperidine rings is 1. The van der Waals surface area contributed by atoms with Crippen molar-refractivity contribution in [1.82, 2.24) is 0 Å². The van der Waals surface area contributed by atoms with Crippen LogP contribution in [0.1, 0.15) is 24.4 Å². The standard InChI is InChI=1S/C21H25N3O3/c1-27-18-9-5-8-17(14-18)23-21(26)19(15-6-3-2-4-7-15)24-12-10-16(11-13-24)20(22)25/h2-9,14,16,19H,10-13H2,1H3,(H2,22,25)(H,23,26)/p+1/t19-/m0/s1. The van der Waals surface area contributed by atoms with Crippen molar-refractivity contribution in [3.8, 4) is 5.75 Å². The monoisotopic (exact) mass is 368 g/mol. The van der Waals surface area contributed by atoms with E-state index in [1.54, 1.807) is 13.2 Å². The average molecular weight is 368 g/mol. The number of primary amides is 1. The number of ether oxygens (including phenoxy) is 1. The summed E-state index contributed by atoms with van der Waals surface area (Å²) < 4.78 is 5.23. The molecule has 1 fully saturated rings. The van der Waals surface area contributed by atoms with Crippen LogP contribution < -0.4 is 20.7 Å². The van der Waals surface area contributed by atoms with Crippen molar-refractivity contribution in [2.75, 3.05) is 25.5 Å². The van der Waals surface area contributed by atoms with Crippen LogP contribution in [0.3, 0.4) is 0 Å². The second kappa shape index (κ2) is 8.68. The van der Waals surface area contributed by atoms with Crippen molar-refractivity contribution in [3.63, 3.8) is 0 Å². The zero-order valence-electron chi connectivity index (χ0n) is 15.5. The zero-order chi connectivity index (χ0) is 19.2. The highest BCUT2D eigenvalue weighted by molar-refractivity contribution is 5.94. The number of likely N-dealkylation sites (tertiary alicyclic amines) is 1. The number of hydrogen-bond donors (Lipinski definition) is 3. The minimum atomic E-state index is -0.341. The number of benzene rings is 2. The largest absolute Gasteiger partial charge is 0.497 e. The van der Waals surface area contributed by atoms with Gasteiger partial charge in [0.1, 0.15) is 5.75 Å². The van der Waals surface area contributed by atoms with E-state index in [1.807, 2.05) is 48.5 Å². The Hall–Kier alpha value is -2.86. The fourth-order valence-electron chi connectivity index (χ4n) is 3.69. The van der Waals surface area contributed by atoms with Crippen LogP contribution in [-0.2, 0) is 9.59 Å². The van der Waals surface area contributed by atoms with Gasteiger partial charge in [-0.15, -0.1) is 0 Å². The van der Waals surface area contributed by atoms with Crippen LogP contribution in [-0.4, -0.2) is 32.0 Å². The van der Waals surface area contributed by atoms with Gasteiger partial charge in [-0.1, -0.05) is 36.4 Å². The van der Waals surface area contributed by atoms with Crippen molar-refractivity contribution in [2.24, 2.45) is 11.7 Å². The molecule has 1 aliphatic heterocycles. The number of hydrogen-bond acceptors (Lipinski definition) is 3. The first kappa shape index (κ1) is 18.9. The molecule has 3 rings (SSSR count). The predicted octanol–water partition coefficient (Wildman–Crippen LogP) is 1.16. The van der Waals surface area contributed by atoms with Gasteiger partial charge < -0.3 is 20.7 Å². The van der Waals surface area contributed by atoms with Crippen LogP contribution in [0.15, 0.2) is 54.6 Å². The van der Waals surface area contributed by atoms with Gasteiger partial charge in [-0.05, 0) is 12.1 Å². The molecule has 1 atom stereocenters. The summed E-state index contributed by atoms with van der Waals surface area (Å²) in [6.45, 7) is 1.47. The molecule has 6 heteroatoms. The van der Waals surface area contributed by atoms with E-state index >= 15 is 0 Å². The number of nitrogens with one attached hydrogen (secondary N) is 2. The Bertz CT molecular complexity index is 786. The molecule has 1 heterocycles. The Morgan fingerprint density at radius 2 is 1.81 bits per heavy atom. The molecule has 0 aromatic heterocycles. The van der Waals surface area contributed by atoms with E-state index in [0.29, 0.717) is 24.3 Å². The predicted molar refractivity (Wildman–Crippen MR) is 103 cm³/mol. The van der Waals surface area contributed by atoms with Crippen LogP contribution >= 0.6 is 0 Å². The minimum absolute atomic E-state index is 0.0676. The molecular weight excluding hydrogens is 342 g/mol. The molecule has 1 saturated heterocycles. The molecule has 0 radical (unpaired) electrons. The van der Waals surface area contributed by atoms with Crippen LogP contribution in [0.2, 0.25) is 0 Å². The normalized spacial score (nSPS) is 20.5. The Morgan fingerprint density at radius 3 is 2.44 bits per heavy atom. The number of nitrogens with two attached hydrogens (primary N) is 1. The summed E-state index contributed by atoms with van der Waals surface area (Å²) in [6, 6.07) is 16.8. The fourth-order valence-corrected chi connectivity index (χ4v) is 3.69. The van der Waals surface area contributed by atoms with E-state index in [-0.39, 0.29) is 23.8 Å². The molecule has 1 aliphatic rings. The number of carbonyl (C=O) groups is 2. The van der Waals surface area contributed by atoms with Crippen LogP contribution in [0.5, 0.6) is 5.75 Å². The molecule has 4 N–H and O–H groups in total. The van der Waals surface area contributed by atoms with Gasteiger partial charge in [-0.3, -0.25) is 9.59 Å². The van der Waals surface area contributed by atoms with E-state index in [9.17, 15) is 9.59 Å². The van der Waals surface area contributed by atoms with Crippen LogP contribution in [0, 0.1) is 5.92 Å². The molecule has 0 unspecified atom stereocenters. The number of amides is 2. The molecule has 2 amide bonds. The van der Waals surface area contributed by atoms with Gasteiger partial charge in [0.15, 0.2) is 6.04 Å². The summed E-state index contributed by atoms with van der Waals surface area (Å²) in [5, 5.41) is 3.02. The van der Waals surface area contributed by atoms with Crippen LogP contribution in [0.25, 0.3) is 0 Å². The maximum atomic E-state index is 13.2. The Morgan fingerprint density at radius 1 is 1.11 bits per heavy atom. The summed E-state index contributed by atoms with van der Waals surface area (Å²) in [7, 11) is 1.60. The summed E-state index contributed by atoms with van der Waals surface area (Å²) in [5.74, 6) is 0.290. The van der Waals surface area contributed by atoms with E-state index in [1.165, 1.54) is 0 Å². The summed E-state index contributed by atoms with van der Waals surface area (Å²) in [6.07, 6.45) is 1.42. The van der Waals surface area contributed by atoms with Gasteiger partial charge >= 0.3 is 0 Å². The average Bonchev–Trinajstić information content (AvgIpc) is 2.69. The molecule has 0 bridgehead atoms. The van der Waals surface area contributed by atoms with Crippen molar-refractivity contribution in [1.29, 1.82) is 0 Å². The lowest BCUT2D eigenvalue weighted by Crippen LogP contribution is -3.14. The quantitative estimate of drug-likeness (QED) is 0.715.